The summed E-state index contributed by atoms with van der Waals surface area (Å²) < 4.78 is 0. The fourth-order valence-corrected chi connectivity index (χ4v) is 3.76. The Morgan fingerprint density at radius 1 is 1.22 bits per heavy atom. The highest BCUT2D eigenvalue weighted by Crippen LogP contribution is 2.40. The van der Waals surface area contributed by atoms with Crippen LogP contribution in [0.1, 0.15) is 22.8 Å². The van der Waals surface area contributed by atoms with Crippen LogP contribution in [0.3, 0.4) is 0 Å². The number of hydrogen-bond donors (Lipinski definition) is 4. The van der Waals surface area contributed by atoms with E-state index >= 15 is 0 Å². The number of carboxylic acids is 2. The molecule has 5 N–H and O–H groups in total. The lowest BCUT2D eigenvalue weighted by Gasteiger charge is -2.21. The van der Waals surface area contributed by atoms with Gasteiger partial charge in [0.2, 0.25) is 0 Å². The lowest BCUT2D eigenvalue weighted by Crippen LogP contribution is -2.26. The first-order valence-corrected chi connectivity index (χ1v) is 10.3. The van der Waals surface area contributed by atoms with E-state index in [0.717, 1.165) is 16.3 Å². The highest BCUT2D eigenvalue weighted by atomic mass is 32.2. The van der Waals surface area contributed by atoms with Gasteiger partial charge in [0.25, 0.3) is 0 Å². The molecule has 0 radical (unpaired) electrons. The van der Waals surface area contributed by atoms with Crippen LogP contribution in [0, 0.1) is 11.3 Å². The number of hydrogen-bond acceptors (Lipinski definition) is 8. The maximum absolute atomic E-state index is 9.55. The van der Waals surface area contributed by atoms with Crippen LogP contribution < -0.4 is 10.6 Å². The largest absolute Gasteiger partial charge is 0.478 e. The van der Waals surface area contributed by atoms with Crippen LogP contribution in [-0.2, 0) is 9.59 Å². The summed E-state index contributed by atoms with van der Waals surface area (Å²) in [6, 6.07) is 13.8. The maximum atomic E-state index is 9.55. The van der Waals surface area contributed by atoms with Crippen molar-refractivity contribution in [3.05, 3.63) is 65.9 Å². The summed E-state index contributed by atoms with van der Waals surface area (Å²) in [6.07, 6.45) is 3.34. The minimum Gasteiger partial charge on any atom is -0.478 e. The topological polar surface area (TPSA) is 161 Å². The van der Waals surface area contributed by atoms with Crippen molar-refractivity contribution in [2.24, 2.45) is 5.73 Å². The van der Waals surface area contributed by atoms with E-state index in [1.807, 2.05) is 55.4 Å². The van der Waals surface area contributed by atoms with E-state index in [1.54, 1.807) is 18.0 Å². The van der Waals surface area contributed by atoms with Crippen LogP contribution in [0.5, 0.6) is 0 Å². The Morgan fingerprint density at radius 3 is 2.28 bits per heavy atom. The lowest BCUT2D eigenvalue weighted by molar-refractivity contribution is -0.134. The van der Waals surface area contributed by atoms with Crippen LogP contribution in [-0.4, -0.2) is 59.0 Å². The number of aliphatic hydroxyl groups is 1. The predicted molar refractivity (Wildman–Crippen MR) is 122 cm³/mol. The van der Waals surface area contributed by atoms with Crippen molar-refractivity contribution in [1.29, 1.82) is 5.26 Å². The number of rotatable bonds is 9. The molecule has 0 amide bonds. The second-order valence-corrected chi connectivity index (χ2v) is 7.99. The first kappa shape index (κ1) is 26.6. The zero-order chi connectivity index (χ0) is 24.1. The first-order chi connectivity index (χ1) is 15.2. The summed E-state index contributed by atoms with van der Waals surface area (Å²) in [7, 11) is 3.83. The van der Waals surface area contributed by atoms with Crippen molar-refractivity contribution < 1.29 is 24.9 Å². The Bertz CT molecular complexity index is 945. The molecule has 0 aliphatic rings. The van der Waals surface area contributed by atoms with Crippen LogP contribution in [0.2, 0.25) is 0 Å². The second kappa shape index (κ2) is 13.8. The monoisotopic (exact) mass is 458 g/mol. The van der Waals surface area contributed by atoms with Crippen molar-refractivity contribution in [1.82, 2.24) is 4.98 Å². The standard InChI is InChI=1S/C18H22N4OS.C4H4O4/c1-22(2)18-9-17(14(10-19)11-21-18)24-16(8-15(20)12-23)13-6-4-3-5-7-13;5-3(6)1-2-4(7)8/h3-7,9,11,15-16,23H,8,12,20H2,1-2H3;1-2H,(H,5,6)(H,7,8)/t15-,16+;/m0./s1. The quantitative estimate of drug-likeness (QED) is 0.324. The van der Waals surface area contributed by atoms with Crippen molar-refractivity contribution in [2.45, 2.75) is 22.6 Å². The average Bonchev–Trinajstić information content (AvgIpc) is 2.78. The molecule has 2 aromatic rings. The smallest absolute Gasteiger partial charge is 0.328 e. The Kier molecular flexibility index (Phi) is 11.5. The van der Waals surface area contributed by atoms with Gasteiger partial charge in [-0.1, -0.05) is 30.3 Å². The maximum Gasteiger partial charge on any atom is 0.328 e. The zero-order valence-electron chi connectivity index (χ0n) is 17.8. The Labute approximate surface area is 190 Å². The number of carboxylic acid groups (broad SMARTS) is 2. The molecule has 170 valence electrons. The lowest BCUT2D eigenvalue weighted by atomic mass is 10.1. The molecule has 2 atom stereocenters. The van der Waals surface area contributed by atoms with Gasteiger partial charge in [0.1, 0.15) is 11.9 Å². The Balaban J connectivity index is 0.000000547. The molecule has 0 fully saturated rings. The summed E-state index contributed by atoms with van der Waals surface area (Å²) >= 11 is 1.59. The van der Waals surface area contributed by atoms with Gasteiger partial charge in [-0.05, 0) is 18.1 Å². The fraction of sp³-hybridized carbons (Fsp3) is 0.273. The SMILES string of the molecule is CN(C)c1cc(S[C@H](C[C@H](N)CO)c2ccccc2)c(C#N)cn1.O=C(O)C=CC(=O)O. The minimum atomic E-state index is -1.26. The van der Waals surface area contributed by atoms with Gasteiger partial charge < -0.3 is 26.0 Å². The van der Waals surface area contributed by atoms with Gasteiger partial charge in [-0.25, -0.2) is 14.6 Å². The number of nitrogens with two attached hydrogens (primary N) is 1. The molecule has 0 saturated carbocycles. The fourth-order valence-electron chi connectivity index (χ4n) is 2.42. The highest BCUT2D eigenvalue weighted by Gasteiger charge is 2.19. The summed E-state index contributed by atoms with van der Waals surface area (Å²) in [4.78, 5) is 26.2. The molecule has 0 saturated heterocycles. The van der Waals surface area contributed by atoms with Crippen LogP contribution in [0.15, 0.2) is 59.6 Å². The van der Waals surface area contributed by atoms with Gasteiger partial charge >= 0.3 is 11.9 Å². The Hall–Kier alpha value is -3.39. The number of thioether (sulfide) groups is 1. The molecule has 0 aliphatic carbocycles. The van der Waals surface area contributed by atoms with Gasteiger partial charge in [0, 0.05) is 48.6 Å². The molecular formula is C22H26N4O5S. The summed E-state index contributed by atoms with van der Waals surface area (Å²) in [5.74, 6) is -1.71. The van der Waals surface area contributed by atoms with Crippen molar-refractivity contribution in [3.63, 3.8) is 0 Å². The molecule has 1 aromatic heterocycles. The van der Waals surface area contributed by atoms with Gasteiger partial charge in [0.15, 0.2) is 0 Å². The normalized spacial score (nSPS) is 12.2. The predicted octanol–water partition coefficient (Wildman–Crippen LogP) is 2.27. The molecular weight excluding hydrogens is 432 g/mol. The van der Waals surface area contributed by atoms with Gasteiger partial charge in [0.05, 0.1) is 12.2 Å². The first-order valence-electron chi connectivity index (χ1n) is 9.47. The number of aliphatic hydroxyl groups excluding tert-OH is 1. The number of pyridine rings is 1. The molecule has 32 heavy (non-hydrogen) atoms. The highest BCUT2D eigenvalue weighted by molar-refractivity contribution is 7.99. The number of aliphatic carboxylic acids is 2. The van der Waals surface area contributed by atoms with Crippen LogP contribution >= 0.6 is 11.8 Å². The number of carbonyl (C=O) groups is 2. The number of nitriles is 1. The van der Waals surface area contributed by atoms with E-state index in [2.05, 4.69) is 11.1 Å². The molecule has 1 aromatic carbocycles. The zero-order valence-corrected chi connectivity index (χ0v) is 18.6. The third-order valence-electron chi connectivity index (χ3n) is 3.99. The molecule has 0 spiro atoms. The summed E-state index contributed by atoms with van der Waals surface area (Å²) in [5, 5.41) is 34.4. The molecule has 1 heterocycles. The summed E-state index contributed by atoms with van der Waals surface area (Å²) in [5.41, 5.74) is 7.63. The number of nitrogens with zero attached hydrogens (tertiary/aromatic N) is 3. The van der Waals surface area contributed by atoms with E-state index in [0.29, 0.717) is 24.1 Å². The number of anilines is 1. The van der Waals surface area contributed by atoms with E-state index in [9.17, 15) is 20.0 Å². The van der Waals surface area contributed by atoms with E-state index < -0.39 is 11.9 Å². The molecule has 0 bridgehead atoms. The van der Waals surface area contributed by atoms with Crippen LogP contribution in [0.4, 0.5) is 5.82 Å². The van der Waals surface area contributed by atoms with Crippen molar-refractivity contribution in [2.75, 3.05) is 25.6 Å². The van der Waals surface area contributed by atoms with Crippen molar-refractivity contribution in [3.8, 4) is 6.07 Å². The second-order valence-electron chi connectivity index (χ2n) is 6.75. The average molecular weight is 459 g/mol. The van der Waals surface area contributed by atoms with Crippen molar-refractivity contribution >= 4 is 29.5 Å². The molecule has 0 aliphatic heterocycles. The number of benzene rings is 1. The van der Waals surface area contributed by atoms with E-state index in [-0.39, 0.29) is 17.9 Å². The van der Waals surface area contributed by atoms with Gasteiger partial charge in [-0.15, -0.1) is 11.8 Å². The molecule has 10 heteroatoms. The summed E-state index contributed by atoms with van der Waals surface area (Å²) in [6.45, 7) is -0.0612. The van der Waals surface area contributed by atoms with Gasteiger partial charge in [-0.3, -0.25) is 0 Å². The van der Waals surface area contributed by atoms with Gasteiger partial charge in [-0.2, -0.15) is 5.26 Å². The van der Waals surface area contributed by atoms with Crippen LogP contribution in [0.25, 0.3) is 0 Å². The van der Waals surface area contributed by atoms with E-state index in [1.165, 1.54) is 0 Å². The molecule has 0 unspecified atom stereocenters. The number of aromatic nitrogens is 1. The minimum absolute atomic E-state index is 0.0536. The molecule has 9 nitrogen and oxygen atoms in total. The third kappa shape index (κ3) is 9.61. The third-order valence-corrected chi connectivity index (χ3v) is 5.33. The Morgan fingerprint density at radius 2 is 1.81 bits per heavy atom. The molecule has 2 rings (SSSR count). The van der Waals surface area contributed by atoms with E-state index in [4.69, 9.17) is 15.9 Å².